The van der Waals surface area contributed by atoms with E-state index in [1.807, 2.05) is 0 Å². The topological polar surface area (TPSA) is 12.0 Å². The Morgan fingerprint density at radius 1 is 1.09 bits per heavy atom. The second-order valence-corrected chi connectivity index (χ2v) is 4.65. The highest BCUT2D eigenvalue weighted by Crippen LogP contribution is 2.32. The minimum absolute atomic E-state index is 0.489. The second-order valence-electron chi connectivity index (χ2n) is 4.04. The van der Waals surface area contributed by atoms with E-state index in [0.29, 0.717) is 5.38 Å². The molecule has 0 radical (unpaired) electrons. The maximum atomic E-state index is 5.87. The summed E-state index contributed by atoms with van der Waals surface area (Å²) in [7, 11) is 0. The number of hydrogen-bond acceptors (Lipinski definition) is 1. The first kappa shape index (κ1) is 7.88. The molecule has 0 bridgehead atoms. The lowest BCUT2D eigenvalue weighted by Crippen LogP contribution is -2.34. The third-order valence-electron chi connectivity index (χ3n) is 2.74. The monoisotopic (exact) mass is 173 g/mol. The van der Waals surface area contributed by atoms with Crippen LogP contribution in [0.25, 0.3) is 0 Å². The molecule has 0 saturated heterocycles. The van der Waals surface area contributed by atoms with Crippen molar-refractivity contribution in [2.75, 3.05) is 13.1 Å². The van der Waals surface area contributed by atoms with E-state index < -0.39 is 0 Å². The van der Waals surface area contributed by atoms with Crippen LogP contribution in [0.2, 0.25) is 0 Å². The summed E-state index contributed by atoms with van der Waals surface area (Å²) in [5.41, 5.74) is 0. The van der Waals surface area contributed by atoms with Crippen LogP contribution in [-0.2, 0) is 0 Å². The fourth-order valence-corrected chi connectivity index (χ4v) is 2.14. The van der Waals surface area contributed by atoms with Crippen molar-refractivity contribution in [3.05, 3.63) is 0 Å². The van der Waals surface area contributed by atoms with Crippen LogP contribution < -0.4 is 5.32 Å². The summed E-state index contributed by atoms with van der Waals surface area (Å²) in [5, 5.41) is 4.00. The number of hydrogen-bond donors (Lipinski definition) is 1. The predicted molar refractivity (Wildman–Crippen MR) is 48.0 cm³/mol. The van der Waals surface area contributed by atoms with Gasteiger partial charge in [-0.2, -0.15) is 0 Å². The molecule has 0 aromatic heterocycles. The summed E-state index contributed by atoms with van der Waals surface area (Å²) in [5.74, 6) is 1.90. The van der Waals surface area contributed by atoms with Crippen molar-refractivity contribution in [2.45, 2.75) is 31.1 Å². The first-order chi connectivity index (χ1) is 5.34. The van der Waals surface area contributed by atoms with Crippen LogP contribution in [-0.4, -0.2) is 18.5 Å². The molecule has 0 amide bonds. The molecular weight excluding hydrogens is 158 g/mol. The number of rotatable bonds is 4. The zero-order valence-corrected chi connectivity index (χ0v) is 7.61. The average Bonchev–Trinajstić information content (AvgIpc) is 2.67. The van der Waals surface area contributed by atoms with Gasteiger partial charge in [0.1, 0.15) is 0 Å². The van der Waals surface area contributed by atoms with Gasteiger partial charge < -0.3 is 5.32 Å². The lowest BCUT2D eigenvalue weighted by Gasteiger charge is -2.30. The molecule has 2 fully saturated rings. The van der Waals surface area contributed by atoms with E-state index in [0.717, 1.165) is 11.8 Å². The van der Waals surface area contributed by atoms with Crippen LogP contribution in [0.15, 0.2) is 0 Å². The molecule has 0 aromatic carbocycles. The lowest BCUT2D eigenvalue weighted by atomic mass is 9.85. The van der Waals surface area contributed by atoms with Crippen molar-refractivity contribution in [1.29, 1.82) is 0 Å². The van der Waals surface area contributed by atoms with E-state index >= 15 is 0 Å². The van der Waals surface area contributed by atoms with E-state index in [1.165, 1.54) is 38.8 Å². The summed E-state index contributed by atoms with van der Waals surface area (Å²) in [6.07, 6.45) is 5.38. The molecule has 2 saturated carbocycles. The SMILES string of the molecule is ClC1CC(CNCC2CC2)C1. The third-order valence-corrected chi connectivity index (χ3v) is 3.10. The van der Waals surface area contributed by atoms with Crippen LogP contribution in [0.5, 0.6) is 0 Å². The Balaban J connectivity index is 1.47. The predicted octanol–water partition coefficient (Wildman–Crippen LogP) is 2.00. The second kappa shape index (κ2) is 3.32. The molecule has 2 rings (SSSR count). The van der Waals surface area contributed by atoms with Gasteiger partial charge in [0.25, 0.3) is 0 Å². The minimum Gasteiger partial charge on any atom is -0.316 e. The van der Waals surface area contributed by atoms with Gasteiger partial charge in [-0.25, -0.2) is 0 Å². The normalized spacial score (nSPS) is 36.8. The molecular formula is C9H16ClN. The molecule has 11 heavy (non-hydrogen) atoms. The summed E-state index contributed by atoms with van der Waals surface area (Å²) < 4.78 is 0. The van der Waals surface area contributed by atoms with Crippen molar-refractivity contribution in [1.82, 2.24) is 5.32 Å². The highest BCUT2D eigenvalue weighted by molar-refractivity contribution is 6.21. The van der Waals surface area contributed by atoms with Gasteiger partial charge in [0.15, 0.2) is 0 Å². The first-order valence-electron chi connectivity index (χ1n) is 4.69. The molecule has 0 atom stereocenters. The Bertz CT molecular complexity index is 128. The molecule has 1 N–H and O–H groups in total. The first-order valence-corrected chi connectivity index (χ1v) is 5.13. The zero-order chi connectivity index (χ0) is 7.68. The fraction of sp³-hybridized carbons (Fsp3) is 1.00. The van der Waals surface area contributed by atoms with Crippen LogP contribution >= 0.6 is 11.6 Å². The maximum absolute atomic E-state index is 5.87. The van der Waals surface area contributed by atoms with E-state index in [4.69, 9.17) is 11.6 Å². The minimum atomic E-state index is 0.489. The van der Waals surface area contributed by atoms with Gasteiger partial charge in [-0.15, -0.1) is 11.6 Å². The summed E-state index contributed by atoms with van der Waals surface area (Å²) in [6, 6.07) is 0. The molecule has 0 aromatic rings. The quantitative estimate of drug-likeness (QED) is 0.642. The van der Waals surface area contributed by atoms with Crippen molar-refractivity contribution >= 4 is 11.6 Å². The Morgan fingerprint density at radius 2 is 1.73 bits per heavy atom. The highest BCUT2D eigenvalue weighted by Gasteiger charge is 2.27. The molecule has 1 nitrogen and oxygen atoms in total. The van der Waals surface area contributed by atoms with E-state index in [2.05, 4.69) is 5.32 Å². The smallest absolute Gasteiger partial charge is 0.0342 e. The van der Waals surface area contributed by atoms with Crippen molar-refractivity contribution in [2.24, 2.45) is 11.8 Å². The zero-order valence-electron chi connectivity index (χ0n) is 6.85. The van der Waals surface area contributed by atoms with E-state index in [1.54, 1.807) is 0 Å². The standard InChI is InChI=1S/C9H16ClN/c10-9-3-8(4-9)6-11-5-7-1-2-7/h7-9,11H,1-6H2. The van der Waals surface area contributed by atoms with Crippen molar-refractivity contribution < 1.29 is 0 Å². The number of halogens is 1. The van der Waals surface area contributed by atoms with Gasteiger partial charge in [0.05, 0.1) is 0 Å². The molecule has 2 heteroatoms. The summed E-state index contributed by atoms with van der Waals surface area (Å²) >= 11 is 5.87. The molecule has 0 aliphatic heterocycles. The van der Waals surface area contributed by atoms with Gasteiger partial charge in [-0.05, 0) is 50.6 Å². The number of alkyl halides is 1. The van der Waals surface area contributed by atoms with Crippen LogP contribution in [0.4, 0.5) is 0 Å². The van der Waals surface area contributed by atoms with E-state index in [-0.39, 0.29) is 0 Å². The largest absolute Gasteiger partial charge is 0.316 e. The van der Waals surface area contributed by atoms with Gasteiger partial charge >= 0.3 is 0 Å². The Morgan fingerprint density at radius 3 is 2.27 bits per heavy atom. The molecule has 0 spiro atoms. The van der Waals surface area contributed by atoms with Gasteiger partial charge in [0.2, 0.25) is 0 Å². The Hall–Kier alpha value is 0.250. The Kier molecular flexibility index (Phi) is 2.38. The van der Waals surface area contributed by atoms with Gasteiger partial charge in [0, 0.05) is 5.38 Å². The third kappa shape index (κ3) is 2.34. The van der Waals surface area contributed by atoms with Crippen LogP contribution in [0, 0.1) is 11.8 Å². The van der Waals surface area contributed by atoms with Gasteiger partial charge in [-0.3, -0.25) is 0 Å². The highest BCUT2D eigenvalue weighted by atomic mass is 35.5. The molecule has 2 aliphatic rings. The maximum Gasteiger partial charge on any atom is 0.0342 e. The fourth-order valence-electron chi connectivity index (χ4n) is 1.63. The average molecular weight is 174 g/mol. The van der Waals surface area contributed by atoms with Crippen molar-refractivity contribution in [3.8, 4) is 0 Å². The van der Waals surface area contributed by atoms with E-state index in [9.17, 15) is 0 Å². The summed E-state index contributed by atoms with van der Waals surface area (Å²) in [4.78, 5) is 0. The molecule has 2 aliphatic carbocycles. The van der Waals surface area contributed by atoms with Crippen LogP contribution in [0.3, 0.4) is 0 Å². The number of nitrogens with one attached hydrogen (secondary N) is 1. The Labute approximate surface area is 73.5 Å². The van der Waals surface area contributed by atoms with Gasteiger partial charge in [-0.1, -0.05) is 0 Å². The summed E-state index contributed by atoms with van der Waals surface area (Å²) in [6.45, 7) is 2.46. The van der Waals surface area contributed by atoms with Crippen molar-refractivity contribution in [3.63, 3.8) is 0 Å². The molecule has 0 heterocycles. The lowest BCUT2D eigenvalue weighted by molar-refractivity contribution is 0.307. The molecule has 64 valence electrons. The van der Waals surface area contributed by atoms with Crippen LogP contribution in [0.1, 0.15) is 25.7 Å². The molecule has 0 unspecified atom stereocenters.